The highest BCUT2D eigenvalue weighted by molar-refractivity contribution is 9.10. The zero-order chi connectivity index (χ0) is 25.2. The van der Waals surface area contributed by atoms with E-state index < -0.39 is 16.8 Å². The topological polar surface area (TPSA) is 113 Å². The Morgan fingerprint density at radius 3 is 2.60 bits per heavy atom. The van der Waals surface area contributed by atoms with E-state index in [4.69, 9.17) is 14.2 Å². The summed E-state index contributed by atoms with van der Waals surface area (Å²) < 4.78 is 36.2. The number of nitrogens with one attached hydrogen (secondary N) is 1. The van der Waals surface area contributed by atoms with E-state index >= 15 is 0 Å². The molecule has 12 heteroatoms. The average Bonchev–Trinajstić information content (AvgIpc) is 3.24. The lowest BCUT2D eigenvalue weighted by Crippen LogP contribution is -2.40. The number of hydrogen-bond donors (Lipinski definition) is 1. The Labute approximate surface area is 215 Å². The van der Waals surface area contributed by atoms with Crippen LogP contribution in [0.4, 0.5) is 5.95 Å². The van der Waals surface area contributed by atoms with Gasteiger partial charge in [-0.05, 0) is 51.5 Å². The molecule has 4 rings (SSSR count). The van der Waals surface area contributed by atoms with Crippen molar-refractivity contribution in [2.45, 2.75) is 51.2 Å². The second-order valence-corrected chi connectivity index (χ2v) is 11.3. The second kappa shape index (κ2) is 10.7. The van der Waals surface area contributed by atoms with Crippen molar-refractivity contribution in [1.29, 1.82) is 0 Å². The Morgan fingerprint density at radius 2 is 1.94 bits per heavy atom. The first-order valence-corrected chi connectivity index (χ1v) is 13.2. The lowest BCUT2D eigenvalue weighted by atomic mass is 10.1. The Kier molecular flexibility index (Phi) is 7.84. The minimum absolute atomic E-state index is 0.235. The predicted octanol–water partition coefficient (Wildman–Crippen LogP) is 3.85. The number of ether oxygens (including phenoxy) is 3. The molecular weight excluding hydrogens is 536 g/mol. The molecule has 2 aromatic heterocycles. The number of aromatic nitrogens is 5. The van der Waals surface area contributed by atoms with Crippen molar-refractivity contribution in [3.8, 4) is 17.1 Å². The zero-order valence-corrected chi connectivity index (χ0v) is 22.7. The summed E-state index contributed by atoms with van der Waals surface area (Å²) in [4.78, 5) is 8.65. The molecule has 0 saturated carbocycles. The molecule has 3 aromatic rings. The van der Waals surface area contributed by atoms with Crippen molar-refractivity contribution in [2.24, 2.45) is 0 Å². The third-order valence-electron chi connectivity index (χ3n) is 5.58. The Hall–Kier alpha value is -2.41. The van der Waals surface area contributed by atoms with Crippen LogP contribution in [0.15, 0.2) is 35.1 Å². The number of halogens is 1. The first-order valence-electron chi connectivity index (χ1n) is 11.2. The molecule has 2 atom stereocenters. The van der Waals surface area contributed by atoms with Gasteiger partial charge in [-0.25, -0.2) is 14.2 Å². The summed E-state index contributed by atoms with van der Waals surface area (Å²) >= 11 is 3.60. The first-order chi connectivity index (χ1) is 16.7. The van der Waals surface area contributed by atoms with Crippen LogP contribution in [0.3, 0.4) is 0 Å². The number of benzene rings is 1. The molecule has 10 nitrogen and oxygen atoms in total. The van der Waals surface area contributed by atoms with Crippen LogP contribution in [-0.2, 0) is 26.9 Å². The lowest BCUT2D eigenvalue weighted by molar-refractivity contribution is -0.258. The molecule has 1 aliphatic heterocycles. The maximum absolute atomic E-state index is 13.2. The van der Waals surface area contributed by atoms with Crippen molar-refractivity contribution < 1.29 is 18.4 Å². The highest BCUT2D eigenvalue weighted by atomic mass is 79.9. The molecule has 1 N–H and O–H groups in total. The molecule has 0 radical (unpaired) electrons. The lowest BCUT2D eigenvalue weighted by Gasteiger charge is -2.36. The van der Waals surface area contributed by atoms with E-state index in [0.29, 0.717) is 43.0 Å². The zero-order valence-electron chi connectivity index (χ0n) is 20.3. The summed E-state index contributed by atoms with van der Waals surface area (Å²) in [6, 6.07) is 5.38. The van der Waals surface area contributed by atoms with Gasteiger partial charge in [-0.15, -0.1) is 10.2 Å². The van der Waals surface area contributed by atoms with Crippen LogP contribution < -0.4 is 9.46 Å². The summed E-state index contributed by atoms with van der Waals surface area (Å²) in [5, 5.41) is 8.51. The van der Waals surface area contributed by atoms with Crippen LogP contribution in [0.1, 0.15) is 38.2 Å². The molecule has 1 aliphatic rings. The molecule has 0 bridgehead atoms. The van der Waals surface area contributed by atoms with Crippen molar-refractivity contribution >= 4 is 32.9 Å². The number of aryl methyl sites for hydroxylation is 1. The number of methoxy groups -OCH3 is 1. The van der Waals surface area contributed by atoms with E-state index in [1.807, 2.05) is 50.5 Å². The third-order valence-corrected chi connectivity index (χ3v) is 7.56. The SMILES string of the molecule is COc1ccc(Br)c(-c2nnc(NS(=O)C(C)Cc3ncc(C)cn3)n2C2COC(C)(C)OC2)c1. The molecule has 0 aliphatic carbocycles. The first kappa shape index (κ1) is 25.7. The smallest absolute Gasteiger partial charge is 0.237 e. The van der Waals surface area contributed by atoms with Gasteiger partial charge in [0.1, 0.15) is 22.6 Å². The summed E-state index contributed by atoms with van der Waals surface area (Å²) in [6.45, 7) is 8.32. The van der Waals surface area contributed by atoms with E-state index in [1.165, 1.54) is 0 Å². The summed E-state index contributed by atoms with van der Waals surface area (Å²) in [7, 11) is 0.132. The molecule has 1 fully saturated rings. The minimum Gasteiger partial charge on any atom is -0.497 e. The van der Waals surface area contributed by atoms with Gasteiger partial charge >= 0.3 is 0 Å². The van der Waals surface area contributed by atoms with Crippen LogP contribution in [0.25, 0.3) is 11.4 Å². The fourth-order valence-electron chi connectivity index (χ4n) is 3.57. The largest absolute Gasteiger partial charge is 0.497 e. The van der Waals surface area contributed by atoms with Crippen LogP contribution in [0, 0.1) is 6.92 Å². The van der Waals surface area contributed by atoms with E-state index in [1.54, 1.807) is 19.5 Å². The van der Waals surface area contributed by atoms with E-state index in [9.17, 15) is 4.21 Å². The van der Waals surface area contributed by atoms with Crippen molar-refractivity contribution in [3.63, 3.8) is 0 Å². The number of anilines is 1. The predicted molar refractivity (Wildman–Crippen MR) is 136 cm³/mol. The minimum atomic E-state index is -1.48. The fourth-order valence-corrected chi connectivity index (χ4v) is 4.82. The number of rotatable bonds is 8. The Morgan fingerprint density at radius 1 is 1.26 bits per heavy atom. The molecule has 0 amide bonds. The van der Waals surface area contributed by atoms with Gasteiger partial charge in [-0.1, -0.05) is 15.9 Å². The summed E-state index contributed by atoms with van der Waals surface area (Å²) in [6.07, 6.45) is 3.96. The van der Waals surface area contributed by atoms with E-state index in [0.717, 1.165) is 15.6 Å². The third kappa shape index (κ3) is 6.05. The molecular formula is C23H29BrN6O4S. The van der Waals surface area contributed by atoms with Gasteiger partial charge in [0.15, 0.2) is 11.6 Å². The van der Waals surface area contributed by atoms with Gasteiger partial charge in [-0.3, -0.25) is 9.29 Å². The van der Waals surface area contributed by atoms with Gasteiger partial charge in [0.2, 0.25) is 5.95 Å². The maximum atomic E-state index is 13.2. The van der Waals surface area contributed by atoms with E-state index in [-0.39, 0.29) is 11.3 Å². The Balaban J connectivity index is 1.64. The summed E-state index contributed by atoms with van der Waals surface area (Å²) in [5.74, 6) is 1.57. The second-order valence-electron chi connectivity index (χ2n) is 8.83. The quantitative estimate of drug-likeness (QED) is 0.439. The monoisotopic (exact) mass is 564 g/mol. The fraction of sp³-hybridized carbons (Fsp3) is 0.478. The van der Waals surface area contributed by atoms with Gasteiger partial charge in [-0.2, -0.15) is 0 Å². The van der Waals surface area contributed by atoms with Gasteiger partial charge in [0, 0.05) is 28.9 Å². The van der Waals surface area contributed by atoms with Crippen molar-refractivity contribution in [3.05, 3.63) is 46.5 Å². The van der Waals surface area contributed by atoms with Gasteiger partial charge in [0.25, 0.3) is 0 Å². The molecule has 35 heavy (non-hydrogen) atoms. The standard InChI is InChI=1S/C23H29BrN6O4S/c1-14-10-25-20(26-11-14)8-15(2)35(31)29-22-28-27-21(18-9-17(32-5)6-7-19(18)24)30(22)16-12-33-23(3,4)34-13-16/h6-7,9-11,15-16H,8,12-13H2,1-5H3,(H,28,29). The summed E-state index contributed by atoms with van der Waals surface area (Å²) in [5.41, 5.74) is 1.76. The van der Waals surface area contributed by atoms with Crippen molar-refractivity contribution in [1.82, 2.24) is 24.7 Å². The highest BCUT2D eigenvalue weighted by Crippen LogP contribution is 2.35. The van der Waals surface area contributed by atoms with Crippen LogP contribution >= 0.6 is 15.9 Å². The molecule has 0 spiro atoms. The molecule has 188 valence electrons. The van der Waals surface area contributed by atoms with E-state index in [2.05, 4.69) is 40.8 Å². The van der Waals surface area contributed by atoms with Crippen LogP contribution in [-0.4, -0.2) is 60.3 Å². The van der Waals surface area contributed by atoms with Crippen LogP contribution in [0.2, 0.25) is 0 Å². The highest BCUT2D eigenvalue weighted by Gasteiger charge is 2.33. The number of nitrogens with zero attached hydrogens (tertiary/aromatic N) is 5. The molecule has 2 unspecified atom stereocenters. The normalized spacial score (nSPS) is 17.7. The molecule has 1 aromatic carbocycles. The number of hydrogen-bond acceptors (Lipinski definition) is 8. The van der Waals surface area contributed by atoms with Gasteiger partial charge < -0.3 is 14.2 Å². The van der Waals surface area contributed by atoms with Crippen LogP contribution in [0.5, 0.6) is 5.75 Å². The van der Waals surface area contributed by atoms with Gasteiger partial charge in [0.05, 0.1) is 31.6 Å². The molecule has 3 heterocycles. The van der Waals surface area contributed by atoms with Crippen molar-refractivity contribution in [2.75, 3.05) is 25.0 Å². The Bertz CT molecular complexity index is 1190. The maximum Gasteiger partial charge on any atom is 0.237 e. The average molecular weight is 565 g/mol. The molecule has 1 saturated heterocycles.